The largest absolute Gasteiger partial charge is 0.487 e. The highest BCUT2D eigenvalue weighted by atomic mass is 35.5. The second kappa shape index (κ2) is 7.90. The first-order valence-electron chi connectivity index (χ1n) is 8.34. The minimum atomic E-state index is -1.30. The van der Waals surface area contributed by atoms with E-state index in [9.17, 15) is 14.0 Å². The molecule has 0 bridgehead atoms. The zero-order valence-corrected chi connectivity index (χ0v) is 15.9. The molecule has 1 aliphatic heterocycles. The molecule has 3 rings (SSSR count). The van der Waals surface area contributed by atoms with Gasteiger partial charge in [-0.2, -0.15) is 0 Å². The van der Waals surface area contributed by atoms with Gasteiger partial charge in [0.25, 0.3) is 5.79 Å². The van der Waals surface area contributed by atoms with Gasteiger partial charge < -0.3 is 19.5 Å². The number of esters is 2. The Morgan fingerprint density at radius 1 is 1.14 bits per heavy atom. The summed E-state index contributed by atoms with van der Waals surface area (Å²) in [6.45, 7) is 3.09. The molecule has 0 spiro atoms. The van der Waals surface area contributed by atoms with Crippen LogP contribution in [0.3, 0.4) is 0 Å². The van der Waals surface area contributed by atoms with E-state index >= 15 is 0 Å². The van der Waals surface area contributed by atoms with Crippen LogP contribution < -0.4 is 10.1 Å². The average Bonchev–Trinajstić information content (AvgIpc) is 2.59. The molecule has 0 unspecified atom stereocenters. The number of cyclic esters (lactones) is 2. The average molecular weight is 406 g/mol. The van der Waals surface area contributed by atoms with E-state index in [4.69, 9.17) is 25.8 Å². The molecule has 146 valence electrons. The van der Waals surface area contributed by atoms with Gasteiger partial charge in [0.1, 0.15) is 18.2 Å². The SMILES string of the molecule is CC1(C)OC(=O)C(=CNc2ccc(OCc3cccc(F)c3)c(Cl)c2)C(=O)O1. The highest BCUT2D eigenvalue weighted by Gasteiger charge is 2.38. The van der Waals surface area contributed by atoms with E-state index in [0.717, 1.165) is 0 Å². The lowest BCUT2D eigenvalue weighted by molar-refractivity contribution is -0.222. The molecule has 0 amide bonds. The molecule has 1 fully saturated rings. The van der Waals surface area contributed by atoms with Gasteiger partial charge >= 0.3 is 11.9 Å². The summed E-state index contributed by atoms with van der Waals surface area (Å²) in [5, 5.41) is 3.10. The molecule has 28 heavy (non-hydrogen) atoms. The van der Waals surface area contributed by atoms with Crippen molar-refractivity contribution in [3.05, 3.63) is 70.6 Å². The smallest absolute Gasteiger partial charge is 0.350 e. The molecule has 2 aromatic carbocycles. The first-order chi connectivity index (χ1) is 13.2. The number of benzene rings is 2. The van der Waals surface area contributed by atoms with Gasteiger partial charge in [-0.05, 0) is 35.9 Å². The van der Waals surface area contributed by atoms with Crippen LogP contribution in [0.2, 0.25) is 5.02 Å². The third kappa shape index (κ3) is 4.80. The van der Waals surface area contributed by atoms with Crippen molar-refractivity contribution in [2.24, 2.45) is 0 Å². The highest BCUT2D eigenvalue weighted by molar-refractivity contribution is 6.32. The minimum absolute atomic E-state index is 0.155. The van der Waals surface area contributed by atoms with Gasteiger partial charge in [-0.3, -0.25) is 0 Å². The lowest BCUT2D eigenvalue weighted by atomic mass is 10.2. The third-order valence-corrected chi connectivity index (χ3v) is 4.01. The number of hydrogen-bond donors (Lipinski definition) is 1. The van der Waals surface area contributed by atoms with Crippen molar-refractivity contribution < 1.29 is 28.2 Å². The topological polar surface area (TPSA) is 73.9 Å². The van der Waals surface area contributed by atoms with Crippen LogP contribution in [0.4, 0.5) is 10.1 Å². The first-order valence-corrected chi connectivity index (χ1v) is 8.71. The summed E-state index contributed by atoms with van der Waals surface area (Å²) in [7, 11) is 0. The first kappa shape index (κ1) is 19.7. The predicted octanol–water partition coefficient (Wildman–Crippen LogP) is 4.19. The Hall–Kier alpha value is -3.06. The van der Waals surface area contributed by atoms with E-state index in [2.05, 4.69) is 5.32 Å². The van der Waals surface area contributed by atoms with Crippen LogP contribution >= 0.6 is 11.6 Å². The Labute approximate surface area is 165 Å². The summed E-state index contributed by atoms with van der Waals surface area (Å²) in [6, 6.07) is 10.9. The lowest BCUT2D eigenvalue weighted by Crippen LogP contribution is -2.42. The molecule has 1 aliphatic rings. The maximum Gasteiger partial charge on any atom is 0.350 e. The Morgan fingerprint density at radius 2 is 1.86 bits per heavy atom. The number of hydrogen-bond acceptors (Lipinski definition) is 6. The van der Waals surface area contributed by atoms with Crippen LogP contribution in [-0.2, 0) is 25.7 Å². The van der Waals surface area contributed by atoms with Crippen molar-refractivity contribution >= 4 is 29.2 Å². The molecule has 0 saturated carbocycles. The summed E-state index contributed by atoms with van der Waals surface area (Å²) >= 11 is 6.20. The molecule has 2 aromatic rings. The summed E-state index contributed by atoms with van der Waals surface area (Å²) in [6.07, 6.45) is 1.19. The van der Waals surface area contributed by atoms with Crippen LogP contribution in [0.5, 0.6) is 5.75 Å². The molecule has 0 radical (unpaired) electrons. The maximum atomic E-state index is 13.2. The van der Waals surface area contributed by atoms with Crippen LogP contribution in [0.1, 0.15) is 19.4 Å². The van der Waals surface area contributed by atoms with Crippen LogP contribution in [0.15, 0.2) is 54.2 Å². The van der Waals surface area contributed by atoms with Crippen LogP contribution in [-0.4, -0.2) is 17.7 Å². The van der Waals surface area contributed by atoms with Gasteiger partial charge in [0.2, 0.25) is 0 Å². The maximum absolute atomic E-state index is 13.2. The van der Waals surface area contributed by atoms with Crippen molar-refractivity contribution in [2.75, 3.05) is 5.32 Å². The van der Waals surface area contributed by atoms with Crippen molar-refractivity contribution in [3.8, 4) is 5.75 Å². The Morgan fingerprint density at radius 3 is 2.50 bits per heavy atom. The fourth-order valence-corrected chi connectivity index (χ4v) is 2.66. The fraction of sp³-hybridized carbons (Fsp3) is 0.200. The van der Waals surface area contributed by atoms with Crippen LogP contribution in [0, 0.1) is 5.82 Å². The van der Waals surface area contributed by atoms with Crippen molar-refractivity contribution in [2.45, 2.75) is 26.2 Å². The zero-order chi connectivity index (χ0) is 20.3. The molecule has 1 N–H and O–H groups in total. The number of nitrogens with one attached hydrogen (secondary N) is 1. The zero-order valence-electron chi connectivity index (χ0n) is 15.1. The Bertz CT molecular complexity index is 935. The molecule has 0 aromatic heterocycles. The van der Waals surface area contributed by atoms with Gasteiger partial charge in [0.15, 0.2) is 5.57 Å². The van der Waals surface area contributed by atoms with Gasteiger partial charge in [0.05, 0.1) is 5.02 Å². The summed E-state index contributed by atoms with van der Waals surface area (Å²) < 4.78 is 28.8. The molecule has 8 heteroatoms. The normalized spacial score (nSPS) is 15.5. The molecular formula is C20H17ClFNO5. The van der Waals surface area contributed by atoms with Crippen molar-refractivity contribution in [1.29, 1.82) is 0 Å². The standard InChI is InChI=1S/C20H17ClFNO5/c1-20(2)27-18(24)15(19(25)28-20)10-23-14-6-7-17(16(21)9-14)26-11-12-4-3-5-13(22)8-12/h3-10,23H,11H2,1-2H3. The van der Waals surface area contributed by atoms with E-state index in [1.165, 1.54) is 32.2 Å². The number of ether oxygens (including phenoxy) is 3. The van der Waals surface area contributed by atoms with E-state index in [1.807, 2.05) is 0 Å². The van der Waals surface area contributed by atoms with E-state index in [-0.39, 0.29) is 18.0 Å². The molecular weight excluding hydrogens is 389 g/mol. The third-order valence-electron chi connectivity index (χ3n) is 3.72. The molecule has 1 saturated heterocycles. The quantitative estimate of drug-likeness (QED) is 0.457. The number of halogens is 2. The molecule has 0 aliphatic carbocycles. The molecule has 6 nitrogen and oxygen atoms in total. The Balaban J connectivity index is 1.65. The van der Waals surface area contributed by atoms with Gasteiger partial charge in [-0.25, -0.2) is 14.0 Å². The summed E-state index contributed by atoms with van der Waals surface area (Å²) in [4.78, 5) is 23.8. The van der Waals surface area contributed by atoms with Gasteiger partial charge in [-0.1, -0.05) is 23.7 Å². The summed E-state index contributed by atoms with van der Waals surface area (Å²) in [5.74, 6) is -2.80. The Kier molecular flexibility index (Phi) is 5.56. The number of anilines is 1. The number of carbonyl (C=O) groups is 2. The van der Waals surface area contributed by atoms with E-state index in [1.54, 1.807) is 30.3 Å². The molecule has 0 atom stereocenters. The lowest BCUT2D eigenvalue weighted by Gasteiger charge is -2.29. The number of rotatable bonds is 5. The highest BCUT2D eigenvalue weighted by Crippen LogP contribution is 2.29. The van der Waals surface area contributed by atoms with E-state index in [0.29, 0.717) is 22.0 Å². The number of carbonyl (C=O) groups excluding carboxylic acids is 2. The molecule has 1 heterocycles. The van der Waals surface area contributed by atoms with Gasteiger partial charge in [0, 0.05) is 25.7 Å². The summed E-state index contributed by atoms with van der Waals surface area (Å²) in [5.41, 5.74) is 0.920. The second-order valence-corrected chi connectivity index (χ2v) is 6.85. The predicted molar refractivity (Wildman–Crippen MR) is 100 cm³/mol. The van der Waals surface area contributed by atoms with Crippen molar-refractivity contribution in [3.63, 3.8) is 0 Å². The second-order valence-electron chi connectivity index (χ2n) is 6.45. The minimum Gasteiger partial charge on any atom is -0.487 e. The fourth-order valence-electron chi connectivity index (χ4n) is 2.43. The van der Waals surface area contributed by atoms with Crippen LogP contribution in [0.25, 0.3) is 0 Å². The van der Waals surface area contributed by atoms with Gasteiger partial charge in [-0.15, -0.1) is 0 Å². The monoisotopic (exact) mass is 405 g/mol. The van der Waals surface area contributed by atoms with Crippen molar-refractivity contribution in [1.82, 2.24) is 0 Å². The van der Waals surface area contributed by atoms with E-state index < -0.39 is 17.7 Å².